The molecule has 0 aliphatic heterocycles. The number of hydrogen-bond donors (Lipinski definition) is 2. The number of hydrogen-bond acceptors (Lipinski definition) is 9. The summed E-state index contributed by atoms with van der Waals surface area (Å²) in [6, 6.07) is 25.4. The van der Waals surface area contributed by atoms with Gasteiger partial charge in [0.2, 0.25) is 0 Å². The summed E-state index contributed by atoms with van der Waals surface area (Å²) in [4.78, 5) is 24.4. The van der Waals surface area contributed by atoms with Crippen molar-refractivity contribution in [1.29, 1.82) is 0 Å². The Morgan fingerprint density at radius 2 is 1.07 bits per heavy atom. The highest BCUT2D eigenvalue weighted by molar-refractivity contribution is 5.94. The first-order valence-electron chi connectivity index (χ1n) is 12.5. The maximum absolute atomic E-state index is 12.2. The maximum atomic E-state index is 12.2. The zero-order valence-electron chi connectivity index (χ0n) is 21.7. The van der Waals surface area contributed by atoms with E-state index < -0.39 is 11.9 Å². The number of para-hydroxylation sites is 2. The first kappa shape index (κ1) is 28.0. The van der Waals surface area contributed by atoms with Gasteiger partial charge >= 0.3 is 11.9 Å². The van der Waals surface area contributed by atoms with Gasteiger partial charge in [0.05, 0.1) is 13.2 Å². The fraction of sp³-hybridized carbons (Fsp3) is 0.161. The van der Waals surface area contributed by atoms with Gasteiger partial charge in [0, 0.05) is 0 Å². The Morgan fingerprint density at radius 1 is 0.625 bits per heavy atom. The van der Waals surface area contributed by atoms with Gasteiger partial charge in [0.1, 0.15) is 58.3 Å². The van der Waals surface area contributed by atoms with Crippen molar-refractivity contribution in [2.24, 2.45) is 0 Å². The third-order valence-corrected chi connectivity index (χ3v) is 5.50. The molecule has 206 valence electrons. The second-order valence-electron chi connectivity index (χ2n) is 8.61. The highest BCUT2D eigenvalue weighted by atomic mass is 16.6. The number of phenolic OH excluding ortho intramolecular Hbond substituents is 2. The summed E-state index contributed by atoms with van der Waals surface area (Å²) in [6.45, 7) is 2.83. The molecule has 4 rings (SSSR count). The van der Waals surface area contributed by atoms with E-state index in [0.717, 1.165) is 0 Å². The van der Waals surface area contributed by atoms with Crippen LogP contribution in [0.5, 0.6) is 34.5 Å². The average Bonchev–Trinajstić information content (AvgIpc) is 2.95. The SMILES string of the molecule is CC(COCCOc1ccc(OC(=O)c2ccccc2O)cc1)Oc1ccc(OC(=O)c2ccccc2O)cc1. The van der Waals surface area contributed by atoms with Crippen molar-refractivity contribution in [2.75, 3.05) is 19.8 Å². The molecular formula is C31H28O9. The predicted octanol–water partition coefficient (Wildman–Crippen LogP) is 5.40. The summed E-state index contributed by atoms with van der Waals surface area (Å²) in [5, 5.41) is 19.5. The Hall–Kier alpha value is -5.02. The lowest BCUT2D eigenvalue weighted by Crippen LogP contribution is -2.21. The van der Waals surface area contributed by atoms with Crippen molar-refractivity contribution in [3.8, 4) is 34.5 Å². The molecule has 0 heterocycles. The molecule has 0 saturated heterocycles. The van der Waals surface area contributed by atoms with Crippen LogP contribution in [0.1, 0.15) is 27.6 Å². The van der Waals surface area contributed by atoms with E-state index >= 15 is 0 Å². The third kappa shape index (κ3) is 7.99. The van der Waals surface area contributed by atoms with Crippen molar-refractivity contribution in [3.63, 3.8) is 0 Å². The Kier molecular flexibility index (Phi) is 9.58. The van der Waals surface area contributed by atoms with E-state index in [-0.39, 0.29) is 28.7 Å². The molecule has 0 amide bonds. The van der Waals surface area contributed by atoms with Crippen molar-refractivity contribution in [2.45, 2.75) is 13.0 Å². The average molecular weight is 545 g/mol. The lowest BCUT2D eigenvalue weighted by Gasteiger charge is -2.15. The van der Waals surface area contributed by atoms with E-state index in [1.54, 1.807) is 72.8 Å². The minimum Gasteiger partial charge on any atom is -0.507 e. The Labute approximate surface area is 231 Å². The van der Waals surface area contributed by atoms with Crippen molar-refractivity contribution in [3.05, 3.63) is 108 Å². The van der Waals surface area contributed by atoms with Crippen LogP contribution in [-0.4, -0.2) is 48.1 Å². The topological polar surface area (TPSA) is 121 Å². The first-order valence-corrected chi connectivity index (χ1v) is 12.5. The number of phenols is 2. The molecule has 4 aromatic rings. The van der Waals surface area contributed by atoms with Gasteiger partial charge in [-0.05, 0) is 79.7 Å². The van der Waals surface area contributed by atoms with Gasteiger partial charge in [-0.1, -0.05) is 24.3 Å². The van der Waals surface area contributed by atoms with E-state index in [1.165, 1.54) is 24.3 Å². The molecule has 4 aromatic carbocycles. The Bertz CT molecular complexity index is 1420. The minimum absolute atomic E-state index is 0.0841. The monoisotopic (exact) mass is 544 g/mol. The fourth-order valence-electron chi connectivity index (χ4n) is 3.54. The number of rotatable bonds is 12. The molecule has 9 nitrogen and oxygen atoms in total. The molecule has 0 aliphatic carbocycles. The molecule has 0 bridgehead atoms. The number of carbonyl (C=O) groups excluding carboxylic acids is 2. The molecule has 0 fully saturated rings. The van der Waals surface area contributed by atoms with E-state index in [9.17, 15) is 19.8 Å². The predicted molar refractivity (Wildman–Crippen MR) is 145 cm³/mol. The van der Waals surface area contributed by atoms with Crippen LogP contribution in [-0.2, 0) is 4.74 Å². The molecule has 9 heteroatoms. The van der Waals surface area contributed by atoms with Crippen molar-refractivity contribution >= 4 is 11.9 Å². The summed E-state index contributed by atoms with van der Waals surface area (Å²) in [6.07, 6.45) is -0.243. The molecule has 0 aliphatic rings. The van der Waals surface area contributed by atoms with Gasteiger partial charge in [-0.3, -0.25) is 0 Å². The molecule has 40 heavy (non-hydrogen) atoms. The highest BCUT2D eigenvalue weighted by Gasteiger charge is 2.14. The minimum atomic E-state index is -0.653. The van der Waals surface area contributed by atoms with E-state index in [4.69, 9.17) is 23.7 Å². The summed E-state index contributed by atoms with van der Waals surface area (Å²) in [7, 11) is 0. The van der Waals surface area contributed by atoms with E-state index in [0.29, 0.717) is 42.8 Å². The van der Waals surface area contributed by atoms with Crippen molar-refractivity contribution < 1.29 is 43.5 Å². The van der Waals surface area contributed by atoms with Gasteiger partial charge in [-0.15, -0.1) is 0 Å². The zero-order valence-corrected chi connectivity index (χ0v) is 21.7. The standard InChI is InChI=1S/C31H28O9/c1-21(38-23-14-16-25(17-15-23)40-31(35)27-7-3-5-9-29(27)33)20-36-18-19-37-22-10-12-24(13-11-22)39-30(34)26-6-2-4-8-28(26)32/h2-17,21,32-33H,18-20H2,1H3. The molecule has 0 radical (unpaired) electrons. The van der Waals surface area contributed by atoms with Gasteiger partial charge in [0.15, 0.2) is 0 Å². The van der Waals surface area contributed by atoms with Crippen LogP contribution in [0.15, 0.2) is 97.1 Å². The van der Waals surface area contributed by atoms with Gasteiger partial charge in [-0.25, -0.2) is 9.59 Å². The number of esters is 2. The molecule has 0 spiro atoms. The fourth-order valence-corrected chi connectivity index (χ4v) is 3.54. The van der Waals surface area contributed by atoms with Gasteiger partial charge < -0.3 is 33.9 Å². The Balaban J connectivity index is 1.13. The molecular weight excluding hydrogens is 516 g/mol. The number of aromatic hydroxyl groups is 2. The molecule has 0 saturated carbocycles. The molecule has 0 aromatic heterocycles. The lowest BCUT2D eigenvalue weighted by molar-refractivity contribution is 0.0431. The second kappa shape index (κ2) is 13.7. The lowest BCUT2D eigenvalue weighted by atomic mass is 10.2. The normalized spacial score (nSPS) is 11.3. The smallest absolute Gasteiger partial charge is 0.347 e. The van der Waals surface area contributed by atoms with Gasteiger partial charge in [0.25, 0.3) is 0 Å². The van der Waals surface area contributed by atoms with Crippen LogP contribution in [0.3, 0.4) is 0 Å². The number of carbonyl (C=O) groups is 2. The van der Waals surface area contributed by atoms with Crippen molar-refractivity contribution in [1.82, 2.24) is 0 Å². The van der Waals surface area contributed by atoms with Crippen LogP contribution in [0, 0.1) is 0 Å². The summed E-state index contributed by atoms with van der Waals surface area (Å²) in [5.74, 6) is 0.215. The summed E-state index contributed by atoms with van der Waals surface area (Å²) in [5.41, 5.74) is 0.169. The first-order chi connectivity index (χ1) is 19.4. The van der Waals surface area contributed by atoms with Gasteiger partial charge in [-0.2, -0.15) is 0 Å². The maximum Gasteiger partial charge on any atom is 0.347 e. The summed E-state index contributed by atoms with van der Waals surface area (Å²) >= 11 is 0. The van der Waals surface area contributed by atoms with Crippen LogP contribution < -0.4 is 18.9 Å². The second-order valence-corrected chi connectivity index (χ2v) is 8.61. The number of ether oxygens (including phenoxy) is 5. The largest absolute Gasteiger partial charge is 0.507 e. The van der Waals surface area contributed by atoms with E-state index in [1.807, 2.05) is 6.92 Å². The quantitative estimate of drug-likeness (QED) is 0.137. The third-order valence-electron chi connectivity index (χ3n) is 5.50. The number of benzene rings is 4. The summed E-state index contributed by atoms with van der Waals surface area (Å²) < 4.78 is 27.7. The molecule has 1 atom stereocenters. The van der Waals surface area contributed by atoms with Crippen LogP contribution in [0.2, 0.25) is 0 Å². The molecule has 2 N–H and O–H groups in total. The Morgan fingerprint density at radius 3 is 1.57 bits per heavy atom. The zero-order chi connectivity index (χ0) is 28.3. The van der Waals surface area contributed by atoms with Crippen LogP contribution in [0.4, 0.5) is 0 Å². The van der Waals surface area contributed by atoms with Crippen LogP contribution >= 0.6 is 0 Å². The molecule has 1 unspecified atom stereocenters. The van der Waals surface area contributed by atoms with E-state index in [2.05, 4.69) is 0 Å². The van der Waals surface area contributed by atoms with Crippen LogP contribution in [0.25, 0.3) is 0 Å². The highest BCUT2D eigenvalue weighted by Crippen LogP contribution is 2.23.